The zero-order valence-corrected chi connectivity index (χ0v) is 6.47. The number of benzene rings is 1. The average Bonchev–Trinajstić information content (AvgIpc) is 2.11. The monoisotopic (exact) mass is 166 g/mol. The molecular weight excluding hydrogens is 156 g/mol. The van der Waals surface area contributed by atoms with Crippen molar-refractivity contribution in [1.82, 2.24) is 0 Å². The van der Waals surface area contributed by atoms with Gasteiger partial charge in [-0.1, -0.05) is 6.58 Å². The van der Waals surface area contributed by atoms with E-state index in [0.29, 0.717) is 6.29 Å². The third kappa shape index (κ3) is 5.05. The molecule has 3 heteroatoms. The van der Waals surface area contributed by atoms with Crippen molar-refractivity contribution in [2.75, 3.05) is 0 Å². The Kier molecular flexibility index (Phi) is 5.09. The quantitative estimate of drug-likeness (QED) is 0.377. The molecule has 0 atom stereocenters. The first kappa shape index (κ1) is 10.2. The highest BCUT2D eigenvalue weighted by Crippen LogP contribution is 2.13. The number of phenolic OH excluding ortho intramolecular Hbond substituents is 2. The van der Waals surface area contributed by atoms with Crippen LogP contribution in [0, 0.1) is 0 Å². The Morgan fingerprint density at radius 3 is 1.50 bits per heavy atom. The molecule has 64 valence electrons. The maximum Gasteiger partial charge on any atom is 0.142 e. The van der Waals surface area contributed by atoms with Gasteiger partial charge in [0.25, 0.3) is 0 Å². The van der Waals surface area contributed by atoms with E-state index in [4.69, 9.17) is 15.0 Å². The van der Waals surface area contributed by atoms with Crippen molar-refractivity contribution in [3.63, 3.8) is 0 Å². The Bertz CT molecular complexity index is 211. The molecule has 0 radical (unpaired) electrons. The van der Waals surface area contributed by atoms with Gasteiger partial charge >= 0.3 is 0 Å². The summed E-state index contributed by atoms with van der Waals surface area (Å²) in [7, 11) is 0. The first-order valence-corrected chi connectivity index (χ1v) is 3.25. The lowest BCUT2D eigenvalue weighted by atomic mass is 10.3. The molecule has 3 nitrogen and oxygen atoms in total. The minimum absolute atomic E-state index is 0.169. The highest BCUT2D eigenvalue weighted by Gasteiger charge is 1.84. The van der Waals surface area contributed by atoms with Crippen LogP contribution in [-0.2, 0) is 4.79 Å². The fourth-order valence-electron chi connectivity index (χ4n) is 0.453. The summed E-state index contributed by atoms with van der Waals surface area (Å²) in [5.41, 5.74) is 0. The normalized spacial score (nSPS) is 7.67. The third-order valence-corrected chi connectivity index (χ3v) is 0.946. The van der Waals surface area contributed by atoms with Crippen LogP contribution in [0.25, 0.3) is 0 Å². The minimum Gasteiger partial charge on any atom is -0.508 e. The van der Waals surface area contributed by atoms with Gasteiger partial charge in [0, 0.05) is 0 Å². The number of aromatic hydroxyl groups is 2. The molecule has 0 heterocycles. The minimum atomic E-state index is 0.169. The highest BCUT2D eigenvalue weighted by atomic mass is 16.3. The standard InChI is InChI=1S/C6H6O2.C3H4O/c7-5-1-2-6(8)4-3-5;1-2-3-4/h1-4,7-8H;2-3H,1H2. The molecule has 0 aromatic heterocycles. The predicted molar refractivity (Wildman–Crippen MR) is 46.0 cm³/mol. The number of allylic oxidation sites excluding steroid dienone is 1. The molecule has 0 aliphatic heterocycles. The molecule has 0 saturated carbocycles. The van der Waals surface area contributed by atoms with Crippen molar-refractivity contribution < 1.29 is 15.0 Å². The predicted octanol–water partition coefficient (Wildman–Crippen LogP) is 1.47. The Balaban J connectivity index is 0.000000261. The van der Waals surface area contributed by atoms with Crippen LogP contribution < -0.4 is 0 Å². The van der Waals surface area contributed by atoms with E-state index in [1.807, 2.05) is 0 Å². The smallest absolute Gasteiger partial charge is 0.142 e. The Morgan fingerprint density at radius 1 is 1.08 bits per heavy atom. The zero-order valence-electron chi connectivity index (χ0n) is 6.47. The molecule has 0 fully saturated rings. The Labute approximate surface area is 70.6 Å². The molecule has 0 spiro atoms. The number of aldehydes is 1. The molecule has 2 N–H and O–H groups in total. The van der Waals surface area contributed by atoms with Gasteiger partial charge in [0.05, 0.1) is 0 Å². The number of hydrogen-bond donors (Lipinski definition) is 2. The second-order valence-electron chi connectivity index (χ2n) is 1.89. The fraction of sp³-hybridized carbons (Fsp3) is 0. The van der Waals surface area contributed by atoms with Gasteiger partial charge in [-0.15, -0.1) is 0 Å². The molecule has 0 unspecified atom stereocenters. The first-order chi connectivity index (χ1) is 5.70. The van der Waals surface area contributed by atoms with Gasteiger partial charge in [0.2, 0.25) is 0 Å². The van der Waals surface area contributed by atoms with Crippen molar-refractivity contribution in [3.05, 3.63) is 36.9 Å². The Morgan fingerprint density at radius 2 is 1.33 bits per heavy atom. The number of rotatable bonds is 1. The maximum atomic E-state index is 9.06. The van der Waals surface area contributed by atoms with E-state index in [2.05, 4.69) is 6.58 Å². The topological polar surface area (TPSA) is 57.5 Å². The first-order valence-electron chi connectivity index (χ1n) is 3.25. The van der Waals surface area contributed by atoms with E-state index in [-0.39, 0.29) is 11.5 Å². The molecule has 0 aliphatic rings. The average molecular weight is 166 g/mol. The second kappa shape index (κ2) is 5.97. The summed E-state index contributed by atoms with van der Waals surface area (Å²) in [6, 6.07) is 5.70. The van der Waals surface area contributed by atoms with Crippen molar-refractivity contribution in [1.29, 1.82) is 0 Å². The van der Waals surface area contributed by atoms with E-state index in [1.165, 1.54) is 30.3 Å². The number of hydrogen-bond acceptors (Lipinski definition) is 3. The largest absolute Gasteiger partial charge is 0.508 e. The second-order valence-corrected chi connectivity index (χ2v) is 1.89. The highest BCUT2D eigenvalue weighted by molar-refractivity contribution is 5.63. The zero-order chi connectivity index (χ0) is 9.40. The van der Waals surface area contributed by atoms with Crippen molar-refractivity contribution in [2.45, 2.75) is 0 Å². The third-order valence-electron chi connectivity index (χ3n) is 0.946. The molecule has 1 aromatic carbocycles. The van der Waals surface area contributed by atoms with Crippen LogP contribution in [0.4, 0.5) is 0 Å². The van der Waals surface area contributed by atoms with Gasteiger partial charge in [0.15, 0.2) is 0 Å². The van der Waals surface area contributed by atoms with Gasteiger partial charge in [-0.2, -0.15) is 0 Å². The summed E-state index contributed by atoms with van der Waals surface area (Å²) < 4.78 is 0. The van der Waals surface area contributed by atoms with Crippen LogP contribution in [0.1, 0.15) is 0 Å². The molecule has 12 heavy (non-hydrogen) atoms. The SMILES string of the molecule is C=CC=O.Oc1ccc(O)cc1. The van der Waals surface area contributed by atoms with Crippen molar-refractivity contribution in [2.24, 2.45) is 0 Å². The van der Waals surface area contributed by atoms with E-state index in [0.717, 1.165) is 0 Å². The van der Waals surface area contributed by atoms with E-state index in [9.17, 15) is 0 Å². The summed E-state index contributed by atoms with van der Waals surface area (Å²) in [6.45, 7) is 3.11. The lowest BCUT2D eigenvalue weighted by Crippen LogP contribution is -1.61. The fourth-order valence-corrected chi connectivity index (χ4v) is 0.453. The summed E-state index contributed by atoms with van der Waals surface area (Å²) >= 11 is 0. The van der Waals surface area contributed by atoms with Gasteiger partial charge < -0.3 is 10.2 Å². The molecule has 0 saturated heterocycles. The van der Waals surface area contributed by atoms with Gasteiger partial charge in [-0.05, 0) is 30.3 Å². The summed E-state index contributed by atoms with van der Waals surface area (Å²) in [5, 5.41) is 17.3. The van der Waals surface area contributed by atoms with Gasteiger partial charge in [0.1, 0.15) is 17.8 Å². The van der Waals surface area contributed by atoms with Crippen LogP contribution >= 0.6 is 0 Å². The van der Waals surface area contributed by atoms with Crippen LogP contribution in [0.2, 0.25) is 0 Å². The number of carbonyl (C=O) groups excluding carboxylic acids is 1. The van der Waals surface area contributed by atoms with Crippen LogP contribution in [0.15, 0.2) is 36.9 Å². The lowest BCUT2D eigenvalue weighted by Gasteiger charge is -1.88. The summed E-state index contributed by atoms with van der Waals surface area (Å²) in [4.78, 5) is 9.06. The summed E-state index contributed by atoms with van der Waals surface area (Å²) in [5.74, 6) is 0.339. The molecule has 0 amide bonds. The maximum absolute atomic E-state index is 9.06. The van der Waals surface area contributed by atoms with Crippen molar-refractivity contribution in [3.8, 4) is 11.5 Å². The molecule has 0 aliphatic carbocycles. The number of carbonyl (C=O) groups is 1. The van der Waals surface area contributed by atoms with Crippen LogP contribution in [0.3, 0.4) is 0 Å². The van der Waals surface area contributed by atoms with Gasteiger partial charge in [-0.25, -0.2) is 0 Å². The molecule has 1 aromatic rings. The lowest BCUT2D eigenvalue weighted by molar-refractivity contribution is -0.104. The van der Waals surface area contributed by atoms with E-state index >= 15 is 0 Å². The van der Waals surface area contributed by atoms with Crippen molar-refractivity contribution >= 4 is 6.29 Å². The van der Waals surface area contributed by atoms with Gasteiger partial charge in [-0.3, -0.25) is 4.79 Å². The molecule has 0 bridgehead atoms. The molecular formula is C9H10O3. The number of phenols is 2. The molecule has 1 rings (SSSR count). The van der Waals surface area contributed by atoms with Crippen LogP contribution in [0.5, 0.6) is 11.5 Å². The Hall–Kier alpha value is -1.77. The van der Waals surface area contributed by atoms with Crippen LogP contribution in [-0.4, -0.2) is 16.5 Å². The summed E-state index contributed by atoms with van der Waals surface area (Å²) in [6.07, 6.45) is 1.83. The van der Waals surface area contributed by atoms with E-state index in [1.54, 1.807) is 0 Å². The van der Waals surface area contributed by atoms with E-state index < -0.39 is 0 Å².